The van der Waals surface area contributed by atoms with Gasteiger partial charge in [-0.15, -0.1) is 0 Å². The van der Waals surface area contributed by atoms with Crippen molar-refractivity contribution in [3.05, 3.63) is 34.9 Å². The van der Waals surface area contributed by atoms with Crippen LogP contribution in [-0.2, 0) is 11.3 Å². The van der Waals surface area contributed by atoms with Crippen LogP contribution >= 0.6 is 11.6 Å². The van der Waals surface area contributed by atoms with Gasteiger partial charge in [0.25, 0.3) is 0 Å². The fourth-order valence-corrected chi connectivity index (χ4v) is 1.02. The van der Waals surface area contributed by atoms with Gasteiger partial charge in [-0.25, -0.2) is 4.21 Å². The third kappa shape index (κ3) is 2.15. The lowest BCUT2D eigenvalue weighted by molar-refractivity contribution is 0.701. The van der Waals surface area contributed by atoms with Crippen LogP contribution in [0, 0.1) is 0 Å². The Kier molecular flexibility index (Phi) is 2.82. The van der Waals surface area contributed by atoms with E-state index in [0.29, 0.717) is 5.02 Å². The van der Waals surface area contributed by atoms with Crippen molar-refractivity contribution in [2.45, 2.75) is 0 Å². The Labute approximate surface area is 73.0 Å². The smallest absolute Gasteiger partial charge is 0.114 e. The van der Waals surface area contributed by atoms with E-state index >= 15 is 0 Å². The van der Waals surface area contributed by atoms with E-state index in [1.165, 1.54) is 0 Å². The summed E-state index contributed by atoms with van der Waals surface area (Å²) in [5, 5.41) is 0.637. The lowest BCUT2D eigenvalue weighted by atomic mass is 10.2. The number of hydrogen-bond donors (Lipinski definition) is 1. The van der Waals surface area contributed by atoms with Crippen LogP contribution in [-0.4, -0.2) is 9.20 Å². The summed E-state index contributed by atoms with van der Waals surface area (Å²) in [6, 6.07) is 6.81. The highest BCUT2D eigenvalue weighted by molar-refractivity contribution is 7.66. The van der Waals surface area contributed by atoms with Crippen molar-refractivity contribution < 1.29 is 4.21 Å². The molecule has 0 aliphatic carbocycles. The zero-order chi connectivity index (χ0) is 8.27. The first-order chi connectivity index (χ1) is 5.24. The third-order valence-electron chi connectivity index (χ3n) is 1.22. The topological polar surface area (TPSA) is 43.1 Å². The van der Waals surface area contributed by atoms with Crippen molar-refractivity contribution >= 4 is 27.8 Å². The number of hydrogen-bond acceptors (Lipinski definition) is 1. The maximum atomic E-state index is 10.2. The number of nitrogens with two attached hydrogens (primary N) is 1. The molecule has 0 fully saturated rings. The van der Waals surface area contributed by atoms with Gasteiger partial charge in [0.1, 0.15) is 16.2 Å². The normalized spacial score (nSPS) is 9.27. The fourth-order valence-electron chi connectivity index (χ4n) is 0.662. The Hall–Kier alpha value is -0.640. The molecule has 0 spiro atoms. The van der Waals surface area contributed by atoms with Gasteiger partial charge in [-0.2, -0.15) is 0 Å². The van der Waals surface area contributed by atoms with Gasteiger partial charge in [0.15, 0.2) is 0 Å². The van der Waals surface area contributed by atoms with Gasteiger partial charge in [0.05, 0.1) is 0 Å². The average Bonchev–Trinajstić information content (AvgIpc) is 2.05. The molecule has 0 aliphatic heterocycles. The zero-order valence-electron chi connectivity index (χ0n) is 5.58. The van der Waals surface area contributed by atoms with Crippen molar-refractivity contribution in [2.75, 3.05) is 0 Å². The van der Waals surface area contributed by atoms with Crippen LogP contribution in [0.2, 0.25) is 5.02 Å². The van der Waals surface area contributed by atoms with Crippen LogP contribution in [0.5, 0.6) is 0 Å². The third-order valence-corrected chi connectivity index (χ3v) is 1.89. The average molecular weight is 188 g/mol. The van der Waals surface area contributed by atoms with Gasteiger partial charge in [-0.1, -0.05) is 23.7 Å². The maximum absolute atomic E-state index is 10.2. The van der Waals surface area contributed by atoms with Crippen molar-refractivity contribution in [2.24, 2.45) is 5.73 Å². The molecule has 0 saturated heterocycles. The minimum absolute atomic E-state index is 0.265. The first kappa shape index (κ1) is 8.46. The van der Waals surface area contributed by atoms with Gasteiger partial charge < -0.3 is 0 Å². The molecule has 0 atom stereocenters. The summed E-state index contributed by atoms with van der Waals surface area (Å²) in [5.41, 5.74) is 6.09. The summed E-state index contributed by atoms with van der Waals surface area (Å²) < 4.78 is 10.2. The molecule has 0 bridgehead atoms. The van der Waals surface area contributed by atoms with E-state index in [2.05, 4.69) is 0 Å². The highest BCUT2D eigenvalue weighted by Crippen LogP contribution is 2.08. The molecule has 2 N–H and O–H groups in total. The Bertz CT molecular complexity index is 303. The first-order valence-corrected chi connectivity index (χ1v) is 4.04. The second-order valence-electron chi connectivity index (χ2n) is 1.95. The quantitative estimate of drug-likeness (QED) is 0.667. The van der Waals surface area contributed by atoms with Gasteiger partial charge in [0.2, 0.25) is 0 Å². The van der Waals surface area contributed by atoms with Crippen LogP contribution in [0.15, 0.2) is 24.3 Å². The summed E-state index contributed by atoms with van der Waals surface area (Å²) in [4.78, 5) is 0.265. The largest absolute Gasteiger partial charge is 0.291 e. The molecule has 1 aromatic carbocycles. The minimum atomic E-state index is 0.265. The molecule has 0 amide bonds. The van der Waals surface area contributed by atoms with Gasteiger partial charge in [-0.3, -0.25) is 5.73 Å². The van der Waals surface area contributed by atoms with E-state index < -0.39 is 0 Å². The van der Waals surface area contributed by atoms with Crippen LogP contribution in [0.4, 0.5) is 0 Å². The lowest BCUT2D eigenvalue weighted by Gasteiger charge is -1.94. The van der Waals surface area contributed by atoms with E-state index in [4.69, 9.17) is 17.3 Å². The highest BCUT2D eigenvalue weighted by atomic mass is 35.5. The van der Waals surface area contributed by atoms with Crippen LogP contribution in [0.25, 0.3) is 0 Å². The summed E-state index contributed by atoms with van der Waals surface area (Å²) >= 11 is 5.91. The Morgan fingerprint density at radius 3 is 2.36 bits per heavy atom. The second-order valence-corrected chi connectivity index (χ2v) is 3.00. The first-order valence-electron chi connectivity index (χ1n) is 2.92. The molecule has 58 valence electrons. The monoisotopic (exact) mass is 187 g/mol. The molecule has 2 nitrogen and oxygen atoms in total. The Balaban J connectivity index is 3.08. The van der Waals surface area contributed by atoms with Crippen molar-refractivity contribution in [3.8, 4) is 0 Å². The van der Waals surface area contributed by atoms with Crippen LogP contribution < -0.4 is 5.73 Å². The molecular formula is C7H6ClNOS. The Morgan fingerprint density at radius 1 is 1.36 bits per heavy atom. The fraction of sp³-hybridized carbons (Fsp3) is 0. The van der Waals surface area contributed by atoms with Crippen LogP contribution in [0.1, 0.15) is 5.56 Å². The summed E-state index contributed by atoms with van der Waals surface area (Å²) in [6.07, 6.45) is 0. The zero-order valence-corrected chi connectivity index (χ0v) is 7.15. The molecule has 0 radical (unpaired) electrons. The van der Waals surface area contributed by atoms with E-state index in [9.17, 15) is 4.21 Å². The SMILES string of the molecule is NC(=S=O)c1ccc(Cl)cc1. The van der Waals surface area contributed by atoms with Gasteiger partial charge >= 0.3 is 0 Å². The highest BCUT2D eigenvalue weighted by Gasteiger charge is 1.94. The predicted molar refractivity (Wildman–Crippen MR) is 47.9 cm³/mol. The van der Waals surface area contributed by atoms with Crippen molar-refractivity contribution in [3.63, 3.8) is 0 Å². The molecular weight excluding hydrogens is 182 g/mol. The van der Waals surface area contributed by atoms with Crippen LogP contribution in [0.3, 0.4) is 0 Å². The summed E-state index contributed by atoms with van der Waals surface area (Å²) in [6.45, 7) is 0. The minimum Gasteiger partial charge on any atom is -0.291 e. The van der Waals surface area contributed by atoms with E-state index in [-0.39, 0.29) is 16.2 Å². The second kappa shape index (κ2) is 3.67. The number of benzene rings is 1. The standard InChI is InChI=1S/C7H6ClNOS/c8-6-3-1-5(2-4-6)7(9)11-10/h1-4H,9H2. The van der Waals surface area contributed by atoms with E-state index in [0.717, 1.165) is 5.56 Å². The molecule has 1 aromatic rings. The van der Waals surface area contributed by atoms with E-state index in [1.54, 1.807) is 24.3 Å². The van der Waals surface area contributed by atoms with E-state index in [1.807, 2.05) is 0 Å². The summed E-state index contributed by atoms with van der Waals surface area (Å²) in [5.74, 6) is 0. The summed E-state index contributed by atoms with van der Waals surface area (Å²) in [7, 11) is 0. The van der Waals surface area contributed by atoms with Gasteiger partial charge in [0, 0.05) is 10.6 Å². The van der Waals surface area contributed by atoms with Crippen molar-refractivity contribution in [1.82, 2.24) is 0 Å². The molecule has 1 rings (SSSR count). The predicted octanol–water partition coefficient (Wildman–Crippen LogP) is 0.990. The Morgan fingerprint density at radius 2 is 1.91 bits per heavy atom. The lowest BCUT2D eigenvalue weighted by Crippen LogP contribution is -2.11. The number of rotatable bonds is 1. The molecule has 0 aromatic heterocycles. The van der Waals surface area contributed by atoms with Crippen molar-refractivity contribution in [1.29, 1.82) is 0 Å². The molecule has 0 heterocycles. The molecule has 0 unspecified atom stereocenters. The maximum Gasteiger partial charge on any atom is 0.114 e. The molecule has 0 saturated carbocycles. The number of halogens is 1. The molecule has 0 aliphatic rings. The molecule has 11 heavy (non-hydrogen) atoms. The van der Waals surface area contributed by atoms with Gasteiger partial charge in [-0.05, 0) is 12.1 Å². The molecule has 4 heteroatoms.